The van der Waals surface area contributed by atoms with Crippen molar-refractivity contribution >= 4 is 23.7 Å². The van der Waals surface area contributed by atoms with Crippen LogP contribution >= 0.6 is 6.58 Å². The zero-order valence-corrected chi connectivity index (χ0v) is 6.36. The Labute approximate surface area is 59.2 Å². The summed E-state index contributed by atoms with van der Waals surface area (Å²) in [7, 11) is 0. The normalized spacial score (nSPS) is 10.9. The van der Waals surface area contributed by atoms with Crippen molar-refractivity contribution in [2.45, 2.75) is 0 Å². The molecule has 0 aliphatic rings. The molecule has 1 unspecified atom stereocenters. The number of rotatable bonds is 1. The lowest BCUT2D eigenvalue weighted by Gasteiger charge is -1.83. The molecular formula is C6H5OPS. The third-order valence-electron chi connectivity index (χ3n) is 0.967. The molecule has 1 atom stereocenters. The van der Waals surface area contributed by atoms with E-state index < -0.39 is 6.58 Å². The predicted octanol–water partition coefficient (Wildman–Crippen LogP) is 1.60. The van der Waals surface area contributed by atoms with Crippen molar-refractivity contribution in [3.05, 3.63) is 30.3 Å². The standard InChI is InChI=1S/C6H5OPS/c7-8(9)6-4-2-1-3-5-6/h1-5H. The second-order valence-electron chi connectivity index (χ2n) is 1.59. The topological polar surface area (TPSA) is 17.1 Å². The molecule has 0 fully saturated rings. The highest BCUT2D eigenvalue weighted by Gasteiger charge is 1.87. The van der Waals surface area contributed by atoms with Gasteiger partial charge in [-0.3, -0.25) is 4.57 Å². The van der Waals surface area contributed by atoms with Gasteiger partial charge in [0.15, 0.2) is 6.58 Å². The number of hydrogen-bond acceptors (Lipinski definition) is 2. The van der Waals surface area contributed by atoms with E-state index in [1.54, 1.807) is 12.1 Å². The predicted molar refractivity (Wildman–Crippen MR) is 41.0 cm³/mol. The van der Waals surface area contributed by atoms with Crippen LogP contribution in [0.25, 0.3) is 0 Å². The Kier molecular flexibility index (Phi) is 2.15. The van der Waals surface area contributed by atoms with Crippen molar-refractivity contribution in [3.63, 3.8) is 0 Å². The highest BCUT2D eigenvalue weighted by molar-refractivity contribution is 8.02. The van der Waals surface area contributed by atoms with E-state index in [2.05, 4.69) is 11.8 Å². The van der Waals surface area contributed by atoms with Crippen LogP contribution < -0.4 is 5.30 Å². The van der Waals surface area contributed by atoms with Gasteiger partial charge in [-0.2, -0.15) is 0 Å². The maximum absolute atomic E-state index is 10.6. The first kappa shape index (κ1) is 6.66. The molecule has 0 N–H and O–H groups in total. The van der Waals surface area contributed by atoms with Gasteiger partial charge in [0.05, 0.1) is 0 Å². The van der Waals surface area contributed by atoms with E-state index in [0.29, 0.717) is 0 Å². The van der Waals surface area contributed by atoms with Gasteiger partial charge in [0.25, 0.3) is 0 Å². The van der Waals surface area contributed by atoms with Crippen LogP contribution in [0, 0.1) is 0 Å². The molecule has 0 heterocycles. The lowest BCUT2D eigenvalue weighted by atomic mass is 10.4. The fourth-order valence-electron chi connectivity index (χ4n) is 0.550. The van der Waals surface area contributed by atoms with Gasteiger partial charge < -0.3 is 0 Å². The Bertz CT molecular complexity index is 245. The molecule has 0 aromatic heterocycles. The molecule has 0 aliphatic carbocycles. The molecule has 0 amide bonds. The van der Waals surface area contributed by atoms with Crippen molar-refractivity contribution in [2.75, 3.05) is 0 Å². The molecule has 0 saturated heterocycles. The van der Waals surface area contributed by atoms with E-state index in [0.717, 1.165) is 5.30 Å². The summed E-state index contributed by atoms with van der Waals surface area (Å²) in [6.45, 7) is -1.56. The third-order valence-corrected chi connectivity index (χ3v) is 2.32. The summed E-state index contributed by atoms with van der Waals surface area (Å²) in [4.78, 5) is 0. The largest absolute Gasteiger partial charge is 0.265 e. The van der Waals surface area contributed by atoms with Crippen LogP contribution in [0.2, 0.25) is 0 Å². The zero-order valence-electron chi connectivity index (χ0n) is 4.65. The molecule has 0 spiro atoms. The van der Waals surface area contributed by atoms with E-state index in [9.17, 15) is 4.57 Å². The van der Waals surface area contributed by atoms with Crippen molar-refractivity contribution in [1.29, 1.82) is 0 Å². The van der Waals surface area contributed by atoms with Crippen molar-refractivity contribution in [2.24, 2.45) is 0 Å². The smallest absolute Gasteiger partial charge is 0.197 e. The van der Waals surface area contributed by atoms with E-state index in [1.165, 1.54) is 0 Å². The van der Waals surface area contributed by atoms with Crippen LogP contribution in [0.5, 0.6) is 0 Å². The molecule has 1 rings (SSSR count). The Balaban J connectivity index is 3.13. The quantitative estimate of drug-likeness (QED) is 0.574. The van der Waals surface area contributed by atoms with Crippen LogP contribution in [-0.4, -0.2) is 0 Å². The van der Waals surface area contributed by atoms with E-state index in [1.807, 2.05) is 18.2 Å². The second kappa shape index (κ2) is 2.90. The molecule has 0 saturated carbocycles. The van der Waals surface area contributed by atoms with Crippen LogP contribution in [0.15, 0.2) is 30.3 Å². The van der Waals surface area contributed by atoms with Crippen LogP contribution in [0.4, 0.5) is 0 Å². The summed E-state index contributed by atoms with van der Waals surface area (Å²) in [5, 5.41) is 0.738. The molecule has 3 heteroatoms. The van der Waals surface area contributed by atoms with Gasteiger partial charge in [0, 0.05) is 5.30 Å². The van der Waals surface area contributed by atoms with Gasteiger partial charge in [0.2, 0.25) is 0 Å². The van der Waals surface area contributed by atoms with Crippen LogP contribution in [0.3, 0.4) is 0 Å². The summed E-state index contributed by atoms with van der Waals surface area (Å²) < 4.78 is 10.6. The number of benzene rings is 1. The fourth-order valence-corrected chi connectivity index (χ4v) is 1.33. The minimum absolute atomic E-state index is 0.738. The summed E-state index contributed by atoms with van der Waals surface area (Å²) in [5.41, 5.74) is 0. The molecule has 46 valence electrons. The first-order valence-electron chi connectivity index (χ1n) is 2.50. The lowest BCUT2D eigenvalue weighted by Crippen LogP contribution is -1.87. The summed E-state index contributed by atoms with van der Waals surface area (Å²) >= 11 is 4.55. The van der Waals surface area contributed by atoms with Gasteiger partial charge >= 0.3 is 0 Å². The molecule has 1 nitrogen and oxygen atoms in total. The Morgan fingerprint density at radius 1 is 1.22 bits per heavy atom. The minimum Gasteiger partial charge on any atom is -0.265 e. The van der Waals surface area contributed by atoms with Crippen LogP contribution in [-0.2, 0) is 16.4 Å². The first-order chi connectivity index (χ1) is 4.30. The zero-order chi connectivity index (χ0) is 6.69. The summed E-state index contributed by atoms with van der Waals surface area (Å²) in [5.74, 6) is 0. The molecule has 0 aliphatic heterocycles. The average molecular weight is 156 g/mol. The first-order valence-corrected chi connectivity index (χ1v) is 4.77. The Hall–Kier alpha value is -0.460. The third kappa shape index (κ3) is 1.74. The van der Waals surface area contributed by atoms with Gasteiger partial charge in [-0.15, -0.1) is 0 Å². The maximum atomic E-state index is 10.6. The lowest BCUT2D eigenvalue weighted by molar-refractivity contribution is 0.602. The van der Waals surface area contributed by atoms with Gasteiger partial charge in [-0.25, -0.2) is 0 Å². The van der Waals surface area contributed by atoms with Gasteiger partial charge in [-0.05, 0) is 23.9 Å². The van der Waals surface area contributed by atoms with Crippen molar-refractivity contribution in [3.8, 4) is 0 Å². The Morgan fingerprint density at radius 2 is 1.78 bits per heavy atom. The van der Waals surface area contributed by atoms with Gasteiger partial charge in [-0.1, -0.05) is 18.2 Å². The van der Waals surface area contributed by atoms with E-state index >= 15 is 0 Å². The van der Waals surface area contributed by atoms with Crippen molar-refractivity contribution < 1.29 is 4.57 Å². The van der Waals surface area contributed by atoms with Gasteiger partial charge in [0.1, 0.15) is 0 Å². The molecule has 0 radical (unpaired) electrons. The van der Waals surface area contributed by atoms with E-state index in [4.69, 9.17) is 0 Å². The average Bonchev–Trinajstić information content (AvgIpc) is 1.90. The highest BCUT2D eigenvalue weighted by atomic mass is 32.4. The molecule has 0 bridgehead atoms. The Morgan fingerprint density at radius 3 is 2.11 bits per heavy atom. The van der Waals surface area contributed by atoms with Crippen molar-refractivity contribution in [1.82, 2.24) is 0 Å². The second-order valence-corrected chi connectivity index (χ2v) is 3.62. The number of hydrogen-bond donors (Lipinski definition) is 0. The molecule has 1 aromatic carbocycles. The maximum Gasteiger partial charge on any atom is 0.197 e. The molecular weight excluding hydrogens is 151 g/mol. The highest BCUT2D eigenvalue weighted by Crippen LogP contribution is 2.02. The monoisotopic (exact) mass is 156 g/mol. The molecule has 9 heavy (non-hydrogen) atoms. The van der Waals surface area contributed by atoms with E-state index in [-0.39, 0.29) is 0 Å². The SMILES string of the molecule is O=P(=S)c1ccccc1. The van der Waals surface area contributed by atoms with Crippen LogP contribution in [0.1, 0.15) is 0 Å². The minimum atomic E-state index is -1.56. The fraction of sp³-hybridized carbons (Fsp3) is 0. The summed E-state index contributed by atoms with van der Waals surface area (Å²) in [6.07, 6.45) is 0. The summed E-state index contributed by atoms with van der Waals surface area (Å²) in [6, 6.07) is 9.07. The molecule has 1 aromatic rings.